The molecule has 0 aromatic rings. The summed E-state index contributed by atoms with van der Waals surface area (Å²) in [6.07, 6.45) is 2.54. The van der Waals surface area contributed by atoms with E-state index in [4.69, 9.17) is 0 Å². The molecule has 0 spiro atoms. The fraction of sp³-hybridized carbons (Fsp3) is 0.818. The molecular weight excluding hydrogens is 208 g/mol. The Balaban J connectivity index is 2.40. The van der Waals surface area contributed by atoms with Crippen molar-refractivity contribution in [3.05, 3.63) is 0 Å². The second-order valence-corrected chi connectivity index (χ2v) is 4.44. The van der Waals surface area contributed by atoms with Crippen molar-refractivity contribution in [3.63, 3.8) is 0 Å². The van der Waals surface area contributed by atoms with Crippen LogP contribution in [0.15, 0.2) is 0 Å². The number of rotatable bonds is 6. The lowest BCUT2D eigenvalue weighted by Crippen LogP contribution is -2.47. The monoisotopic (exact) mass is 228 g/mol. The van der Waals surface area contributed by atoms with E-state index in [1.165, 1.54) is 26.9 Å². The number of carbonyl (C=O) groups is 2. The number of amides is 1. The molecule has 1 aliphatic carbocycles. The molecular formula is C11H20N2O3. The van der Waals surface area contributed by atoms with E-state index in [2.05, 4.69) is 15.0 Å². The van der Waals surface area contributed by atoms with Crippen LogP contribution >= 0.6 is 0 Å². The van der Waals surface area contributed by atoms with Crippen LogP contribution in [0, 0.1) is 5.92 Å². The maximum Gasteiger partial charge on any atom is 0.329 e. The van der Waals surface area contributed by atoms with Crippen LogP contribution in [0.3, 0.4) is 0 Å². The molecule has 5 heteroatoms. The van der Waals surface area contributed by atoms with Gasteiger partial charge in [-0.05, 0) is 25.8 Å². The van der Waals surface area contributed by atoms with E-state index in [0.717, 1.165) is 12.5 Å². The normalized spacial score (nSPS) is 17.0. The molecule has 0 aliphatic heterocycles. The molecule has 0 heterocycles. The van der Waals surface area contributed by atoms with Gasteiger partial charge in [-0.25, -0.2) is 4.79 Å². The molecule has 1 aliphatic rings. The van der Waals surface area contributed by atoms with E-state index in [0.29, 0.717) is 6.54 Å². The number of ether oxygens (including phenoxy) is 1. The predicted octanol–water partition coefficient (Wildman–Crippen LogP) is 0.00590. The van der Waals surface area contributed by atoms with E-state index in [9.17, 15) is 9.59 Å². The fourth-order valence-electron chi connectivity index (χ4n) is 1.69. The molecule has 5 nitrogen and oxygen atoms in total. The molecule has 1 fully saturated rings. The number of esters is 1. The van der Waals surface area contributed by atoms with Crippen LogP contribution in [0.2, 0.25) is 0 Å². The molecule has 0 radical (unpaired) electrons. The van der Waals surface area contributed by atoms with Gasteiger partial charge in [0, 0.05) is 20.0 Å². The van der Waals surface area contributed by atoms with E-state index in [-0.39, 0.29) is 5.91 Å². The molecule has 1 unspecified atom stereocenters. The summed E-state index contributed by atoms with van der Waals surface area (Å²) in [4.78, 5) is 24.4. The van der Waals surface area contributed by atoms with Gasteiger partial charge in [-0.3, -0.25) is 4.79 Å². The van der Waals surface area contributed by atoms with E-state index < -0.39 is 12.0 Å². The van der Waals surface area contributed by atoms with Gasteiger partial charge in [0.1, 0.15) is 6.04 Å². The number of methoxy groups -OCH3 is 1. The second kappa shape index (κ2) is 5.84. The minimum absolute atomic E-state index is 0.213. The number of likely N-dealkylation sites (N-methyl/N-ethyl adjacent to an activating group) is 1. The molecule has 92 valence electrons. The lowest BCUT2D eigenvalue weighted by molar-refractivity contribution is -0.145. The van der Waals surface area contributed by atoms with Gasteiger partial charge in [0.2, 0.25) is 5.91 Å². The van der Waals surface area contributed by atoms with Crippen molar-refractivity contribution in [1.82, 2.24) is 10.2 Å². The molecule has 0 aromatic carbocycles. The summed E-state index contributed by atoms with van der Waals surface area (Å²) < 4.78 is 4.65. The van der Waals surface area contributed by atoms with Crippen LogP contribution in [0.25, 0.3) is 0 Å². The predicted molar refractivity (Wildman–Crippen MR) is 59.8 cm³/mol. The highest BCUT2D eigenvalue weighted by molar-refractivity contribution is 5.83. The maximum absolute atomic E-state index is 11.4. The molecule has 1 atom stereocenters. The number of nitrogens with zero attached hydrogens (tertiary/aromatic N) is 1. The first-order valence-electron chi connectivity index (χ1n) is 5.56. The SMILES string of the molecule is COC(=O)C(CN(C)CC1CC1)NC(C)=O. The van der Waals surface area contributed by atoms with Crippen molar-refractivity contribution in [2.75, 3.05) is 27.2 Å². The minimum atomic E-state index is -0.564. The Kier molecular flexibility index (Phi) is 4.73. The van der Waals surface area contributed by atoms with Gasteiger partial charge < -0.3 is 15.0 Å². The van der Waals surface area contributed by atoms with Crippen LogP contribution in [0.5, 0.6) is 0 Å². The Hall–Kier alpha value is -1.10. The number of hydrogen-bond donors (Lipinski definition) is 1. The summed E-state index contributed by atoms with van der Waals surface area (Å²) in [5.41, 5.74) is 0. The van der Waals surface area contributed by atoms with Gasteiger partial charge in [0.25, 0.3) is 0 Å². The quantitative estimate of drug-likeness (QED) is 0.650. The van der Waals surface area contributed by atoms with Crippen LogP contribution < -0.4 is 5.32 Å². The van der Waals surface area contributed by atoms with Gasteiger partial charge in [0.05, 0.1) is 7.11 Å². The number of nitrogens with one attached hydrogen (secondary N) is 1. The topological polar surface area (TPSA) is 58.6 Å². The summed E-state index contributed by atoms with van der Waals surface area (Å²) in [6, 6.07) is -0.564. The van der Waals surface area contributed by atoms with Gasteiger partial charge in [-0.15, -0.1) is 0 Å². The summed E-state index contributed by atoms with van der Waals surface area (Å²) in [7, 11) is 3.29. The molecule has 1 amide bonds. The minimum Gasteiger partial charge on any atom is -0.467 e. The third-order valence-electron chi connectivity index (χ3n) is 2.62. The van der Waals surface area contributed by atoms with Crippen molar-refractivity contribution in [2.24, 2.45) is 5.92 Å². The van der Waals surface area contributed by atoms with Crippen molar-refractivity contribution in [2.45, 2.75) is 25.8 Å². The van der Waals surface area contributed by atoms with Gasteiger partial charge in [-0.2, -0.15) is 0 Å². The number of hydrogen-bond acceptors (Lipinski definition) is 4. The molecule has 1 saturated carbocycles. The zero-order chi connectivity index (χ0) is 12.1. The number of carbonyl (C=O) groups excluding carboxylic acids is 2. The molecule has 1 N–H and O–H groups in total. The third kappa shape index (κ3) is 4.61. The van der Waals surface area contributed by atoms with Crippen LogP contribution in [-0.4, -0.2) is 50.1 Å². The van der Waals surface area contributed by atoms with Crippen molar-refractivity contribution >= 4 is 11.9 Å². The van der Waals surface area contributed by atoms with Crippen LogP contribution in [0.1, 0.15) is 19.8 Å². The highest BCUT2D eigenvalue weighted by Gasteiger charge is 2.26. The van der Waals surface area contributed by atoms with Crippen molar-refractivity contribution in [3.8, 4) is 0 Å². The first kappa shape index (κ1) is 13.0. The Morgan fingerprint density at radius 2 is 2.12 bits per heavy atom. The summed E-state index contributed by atoms with van der Waals surface area (Å²) >= 11 is 0. The largest absolute Gasteiger partial charge is 0.467 e. The summed E-state index contributed by atoms with van der Waals surface area (Å²) in [6.45, 7) is 2.88. The Bertz CT molecular complexity index is 264. The maximum atomic E-state index is 11.4. The standard InChI is InChI=1S/C11H20N2O3/c1-8(14)12-10(11(15)16-3)7-13(2)6-9-4-5-9/h9-10H,4-7H2,1-3H3,(H,12,14). The van der Waals surface area contributed by atoms with E-state index >= 15 is 0 Å². The van der Waals surface area contributed by atoms with Crippen LogP contribution in [-0.2, 0) is 14.3 Å². The Morgan fingerprint density at radius 1 is 1.50 bits per heavy atom. The fourth-order valence-corrected chi connectivity index (χ4v) is 1.69. The van der Waals surface area contributed by atoms with Gasteiger partial charge in [-0.1, -0.05) is 0 Å². The Morgan fingerprint density at radius 3 is 2.56 bits per heavy atom. The Labute approximate surface area is 96.1 Å². The molecule has 0 aromatic heterocycles. The zero-order valence-corrected chi connectivity index (χ0v) is 10.2. The van der Waals surface area contributed by atoms with E-state index in [1.807, 2.05) is 7.05 Å². The first-order chi connectivity index (χ1) is 7.52. The van der Waals surface area contributed by atoms with Gasteiger partial charge >= 0.3 is 5.97 Å². The third-order valence-corrected chi connectivity index (χ3v) is 2.62. The highest BCUT2D eigenvalue weighted by atomic mass is 16.5. The van der Waals surface area contributed by atoms with E-state index in [1.54, 1.807) is 0 Å². The van der Waals surface area contributed by atoms with Gasteiger partial charge in [0.15, 0.2) is 0 Å². The smallest absolute Gasteiger partial charge is 0.329 e. The molecule has 0 bridgehead atoms. The first-order valence-corrected chi connectivity index (χ1v) is 5.56. The average Bonchev–Trinajstić information content (AvgIpc) is 2.98. The van der Waals surface area contributed by atoms with Crippen molar-refractivity contribution in [1.29, 1.82) is 0 Å². The lowest BCUT2D eigenvalue weighted by atomic mass is 10.2. The van der Waals surface area contributed by atoms with Crippen molar-refractivity contribution < 1.29 is 14.3 Å². The molecule has 1 rings (SSSR count). The lowest BCUT2D eigenvalue weighted by Gasteiger charge is -2.22. The zero-order valence-electron chi connectivity index (χ0n) is 10.2. The second-order valence-electron chi connectivity index (χ2n) is 4.44. The highest BCUT2D eigenvalue weighted by Crippen LogP contribution is 2.29. The molecule has 0 saturated heterocycles. The molecule has 16 heavy (non-hydrogen) atoms. The van der Waals surface area contributed by atoms with Crippen LogP contribution in [0.4, 0.5) is 0 Å². The summed E-state index contributed by atoms with van der Waals surface area (Å²) in [5, 5.41) is 2.60. The average molecular weight is 228 g/mol. The summed E-state index contributed by atoms with van der Waals surface area (Å²) in [5.74, 6) is 0.161.